The SMILES string of the molecule is COc1cccc(CC(O)C(=O)N2Cc3cccc(Cl)c3C2)c1. The lowest BCUT2D eigenvalue weighted by Gasteiger charge is -2.19. The largest absolute Gasteiger partial charge is 0.497 e. The highest BCUT2D eigenvalue weighted by atomic mass is 35.5. The molecule has 23 heavy (non-hydrogen) atoms. The summed E-state index contributed by atoms with van der Waals surface area (Å²) in [6.07, 6.45) is -0.813. The molecule has 1 unspecified atom stereocenters. The highest BCUT2D eigenvalue weighted by molar-refractivity contribution is 6.31. The van der Waals surface area contributed by atoms with E-state index in [4.69, 9.17) is 16.3 Å². The van der Waals surface area contributed by atoms with Crippen LogP contribution in [0.2, 0.25) is 5.02 Å². The molecular weight excluding hydrogens is 314 g/mol. The Bertz CT molecular complexity index is 732. The first-order valence-corrected chi connectivity index (χ1v) is 7.82. The third-order valence-electron chi connectivity index (χ3n) is 4.09. The number of hydrogen-bond acceptors (Lipinski definition) is 3. The fourth-order valence-electron chi connectivity index (χ4n) is 2.86. The zero-order chi connectivity index (χ0) is 16.4. The molecule has 1 aliphatic heterocycles. The monoisotopic (exact) mass is 331 g/mol. The van der Waals surface area contributed by atoms with Crippen LogP contribution in [0.25, 0.3) is 0 Å². The van der Waals surface area contributed by atoms with Gasteiger partial charge in [0.15, 0.2) is 0 Å². The van der Waals surface area contributed by atoms with Crippen LogP contribution in [0.5, 0.6) is 5.75 Å². The number of nitrogens with zero attached hydrogens (tertiary/aromatic N) is 1. The van der Waals surface area contributed by atoms with Crippen LogP contribution in [-0.2, 0) is 24.3 Å². The summed E-state index contributed by atoms with van der Waals surface area (Å²) in [7, 11) is 1.59. The number of amides is 1. The van der Waals surface area contributed by atoms with Gasteiger partial charge in [0, 0.05) is 24.5 Å². The lowest BCUT2D eigenvalue weighted by Crippen LogP contribution is -2.36. The minimum Gasteiger partial charge on any atom is -0.497 e. The standard InChI is InChI=1S/C18H18ClNO3/c1-23-14-6-2-4-12(8-14)9-17(21)18(22)20-10-13-5-3-7-16(19)15(13)11-20/h2-8,17,21H,9-11H2,1H3. The molecule has 0 spiro atoms. The number of ether oxygens (including phenoxy) is 1. The number of aliphatic hydroxyl groups is 1. The number of rotatable bonds is 4. The number of methoxy groups -OCH3 is 1. The van der Waals surface area contributed by atoms with E-state index in [1.165, 1.54) is 0 Å². The number of carbonyl (C=O) groups is 1. The summed E-state index contributed by atoms with van der Waals surface area (Å²) in [6.45, 7) is 0.937. The molecule has 2 aromatic rings. The summed E-state index contributed by atoms with van der Waals surface area (Å²) in [4.78, 5) is 14.1. The Morgan fingerprint density at radius 2 is 2.09 bits per heavy atom. The van der Waals surface area contributed by atoms with Crippen LogP contribution in [0.4, 0.5) is 0 Å². The van der Waals surface area contributed by atoms with Crippen molar-refractivity contribution >= 4 is 17.5 Å². The summed E-state index contributed by atoms with van der Waals surface area (Å²) in [5.41, 5.74) is 2.87. The van der Waals surface area contributed by atoms with Gasteiger partial charge in [0.2, 0.25) is 0 Å². The quantitative estimate of drug-likeness (QED) is 0.937. The van der Waals surface area contributed by atoms with Crippen molar-refractivity contribution in [3.63, 3.8) is 0 Å². The molecule has 0 saturated carbocycles. The van der Waals surface area contributed by atoms with Gasteiger partial charge in [-0.05, 0) is 34.9 Å². The van der Waals surface area contributed by atoms with Crippen molar-refractivity contribution in [2.75, 3.05) is 7.11 Å². The Kier molecular flexibility index (Phi) is 4.55. The first kappa shape index (κ1) is 15.8. The Morgan fingerprint density at radius 1 is 1.30 bits per heavy atom. The van der Waals surface area contributed by atoms with Crippen LogP contribution in [0, 0.1) is 0 Å². The second-order valence-corrected chi connectivity index (χ2v) is 6.05. The molecule has 1 amide bonds. The van der Waals surface area contributed by atoms with Crippen molar-refractivity contribution in [3.05, 3.63) is 64.2 Å². The molecule has 1 aliphatic rings. The molecule has 0 fully saturated rings. The van der Waals surface area contributed by atoms with E-state index in [1.54, 1.807) is 12.0 Å². The maximum Gasteiger partial charge on any atom is 0.252 e. The molecule has 0 bridgehead atoms. The first-order valence-electron chi connectivity index (χ1n) is 7.44. The highest BCUT2D eigenvalue weighted by Crippen LogP contribution is 2.29. The van der Waals surface area contributed by atoms with Gasteiger partial charge in [0.1, 0.15) is 11.9 Å². The van der Waals surface area contributed by atoms with Gasteiger partial charge in [0.05, 0.1) is 7.11 Å². The van der Waals surface area contributed by atoms with E-state index in [0.29, 0.717) is 23.9 Å². The smallest absolute Gasteiger partial charge is 0.252 e. The minimum absolute atomic E-state index is 0.261. The van der Waals surface area contributed by atoms with Gasteiger partial charge in [0.25, 0.3) is 5.91 Å². The third-order valence-corrected chi connectivity index (χ3v) is 4.44. The van der Waals surface area contributed by atoms with E-state index in [2.05, 4.69) is 0 Å². The second-order valence-electron chi connectivity index (χ2n) is 5.64. The van der Waals surface area contributed by atoms with Crippen molar-refractivity contribution < 1.29 is 14.6 Å². The van der Waals surface area contributed by atoms with Crippen molar-refractivity contribution in [1.82, 2.24) is 4.90 Å². The van der Waals surface area contributed by atoms with Gasteiger partial charge in [-0.15, -0.1) is 0 Å². The van der Waals surface area contributed by atoms with Gasteiger partial charge >= 0.3 is 0 Å². The zero-order valence-electron chi connectivity index (χ0n) is 12.8. The molecule has 0 aromatic heterocycles. The predicted octanol–water partition coefficient (Wildman–Crippen LogP) is 2.79. The minimum atomic E-state index is -1.07. The van der Waals surface area contributed by atoms with Crippen molar-refractivity contribution in [2.24, 2.45) is 0 Å². The Balaban J connectivity index is 1.68. The summed E-state index contributed by atoms with van der Waals surface area (Å²) in [5, 5.41) is 10.9. The topological polar surface area (TPSA) is 49.8 Å². The van der Waals surface area contributed by atoms with E-state index < -0.39 is 6.10 Å². The van der Waals surface area contributed by atoms with Gasteiger partial charge in [-0.2, -0.15) is 0 Å². The normalized spacial score (nSPS) is 14.5. The van der Waals surface area contributed by atoms with Crippen molar-refractivity contribution in [1.29, 1.82) is 0 Å². The van der Waals surface area contributed by atoms with Crippen LogP contribution in [0.15, 0.2) is 42.5 Å². The summed E-state index contributed by atoms with van der Waals surface area (Å²) in [6, 6.07) is 13.0. The van der Waals surface area contributed by atoms with E-state index in [9.17, 15) is 9.90 Å². The van der Waals surface area contributed by atoms with E-state index in [1.807, 2.05) is 42.5 Å². The van der Waals surface area contributed by atoms with Gasteiger partial charge in [-0.1, -0.05) is 35.9 Å². The summed E-state index contributed by atoms with van der Waals surface area (Å²) in [5.74, 6) is 0.433. The Labute approximate surface area is 140 Å². The maximum atomic E-state index is 12.5. The average Bonchev–Trinajstić information content (AvgIpc) is 3.00. The molecule has 0 radical (unpaired) electrons. The van der Waals surface area contributed by atoms with Gasteiger partial charge in [-0.3, -0.25) is 4.79 Å². The van der Waals surface area contributed by atoms with Crippen LogP contribution in [0.1, 0.15) is 16.7 Å². The molecule has 1 atom stereocenters. The fourth-order valence-corrected chi connectivity index (χ4v) is 3.11. The van der Waals surface area contributed by atoms with Crippen molar-refractivity contribution in [3.8, 4) is 5.75 Å². The van der Waals surface area contributed by atoms with Gasteiger partial charge < -0.3 is 14.7 Å². The molecule has 2 aromatic carbocycles. The lowest BCUT2D eigenvalue weighted by molar-refractivity contribution is -0.140. The van der Waals surface area contributed by atoms with Gasteiger partial charge in [-0.25, -0.2) is 0 Å². The average molecular weight is 332 g/mol. The van der Waals surface area contributed by atoms with Crippen molar-refractivity contribution in [2.45, 2.75) is 25.6 Å². The molecule has 0 aliphatic carbocycles. The Morgan fingerprint density at radius 3 is 2.83 bits per heavy atom. The molecule has 3 rings (SSSR count). The van der Waals surface area contributed by atoms with Crippen LogP contribution < -0.4 is 4.74 Å². The molecule has 0 saturated heterocycles. The van der Waals surface area contributed by atoms with E-state index >= 15 is 0 Å². The number of benzene rings is 2. The molecule has 1 N–H and O–H groups in total. The molecule has 1 heterocycles. The predicted molar refractivity (Wildman–Crippen MR) is 88.4 cm³/mol. The van der Waals surface area contributed by atoms with E-state index in [-0.39, 0.29) is 12.3 Å². The summed E-state index contributed by atoms with van der Waals surface area (Å²) >= 11 is 6.17. The molecule has 4 nitrogen and oxygen atoms in total. The summed E-state index contributed by atoms with van der Waals surface area (Å²) < 4.78 is 5.16. The second kappa shape index (κ2) is 6.60. The number of carbonyl (C=O) groups excluding carboxylic acids is 1. The van der Waals surface area contributed by atoms with Crippen LogP contribution in [-0.4, -0.2) is 29.1 Å². The highest BCUT2D eigenvalue weighted by Gasteiger charge is 2.29. The van der Waals surface area contributed by atoms with Crippen LogP contribution >= 0.6 is 11.6 Å². The van der Waals surface area contributed by atoms with Crippen LogP contribution in [0.3, 0.4) is 0 Å². The molecule has 5 heteroatoms. The third kappa shape index (κ3) is 3.33. The number of halogens is 1. The number of fused-ring (bicyclic) bond motifs is 1. The number of aliphatic hydroxyl groups excluding tert-OH is 1. The molecular formula is C18H18ClNO3. The first-order chi connectivity index (χ1) is 11.1. The number of hydrogen-bond donors (Lipinski definition) is 1. The molecule has 120 valence electrons. The van der Waals surface area contributed by atoms with E-state index in [0.717, 1.165) is 16.7 Å². The zero-order valence-corrected chi connectivity index (χ0v) is 13.6. The fraction of sp³-hybridized carbons (Fsp3) is 0.278. The Hall–Kier alpha value is -2.04. The lowest BCUT2D eigenvalue weighted by atomic mass is 10.1. The maximum absolute atomic E-state index is 12.5.